The molecule has 0 spiro atoms. The standard InChI is InChI=1S/C15H20N4O2/c1-3-13-15(19(20)21)14(4-2)18(17-13)10-12(16)11-8-6-5-7-9-11/h5-9,12H,3-4,10,16H2,1-2H3. The molecule has 0 aliphatic rings. The molecule has 0 amide bonds. The number of nitrogens with two attached hydrogens (primary N) is 1. The van der Waals surface area contributed by atoms with Gasteiger partial charge in [0, 0.05) is 6.04 Å². The maximum atomic E-state index is 11.3. The van der Waals surface area contributed by atoms with Crippen LogP contribution in [0.4, 0.5) is 5.69 Å². The lowest BCUT2D eigenvalue weighted by atomic mass is 10.1. The second-order valence-corrected chi connectivity index (χ2v) is 4.91. The zero-order chi connectivity index (χ0) is 15.4. The predicted molar refractivity (Wildman–Crippen MR) is 81.0 cm³/mol. The minimum absolute atomic E-state index is 0.139. The van der Waals surface area contributed by atoms with Gasteiger partial charge in [0.2, 0.25) is 0 Å². The van der Waals surface area contributed by atoms with Crippen molar-refractivity contribution < 1.29 is 4.92 Å². The lowest BCUT2D eigenvalue weighted by Gasteiger charge is -2.13. The fraction of sp³-hybridized carbons (Fsp3) is 0.400. The molecule has 0 aliphatic heterocycles. The summed E-state index contributed by atoms with van der Waals surface area (Å²) in [5, 5.41) is 15.6. The Morgan fingerprint density at radius 1 is 1.29 bits per heavy atom. The van der Waals surface area contributed by atoms with Crippen LogP contribution in [0.15, 0.2) is 30.3 Å². The van der Waals surface area contributed by atoms with Gasteiger partial charge in [-0.3, -0.25) is 14.8 Å². The first-order valence-corrected chi connectivity index (χ1v) is 7.11. The van der Waals surface area contributed by atoms with Crippen LogP contribution in [0.2, 0.25) is 0 Å². The first kappa shape index (κ1) is 15.2. The number of aromatic nitrogens is 2. The lowest BCUT2D eigenvalue weighted by Crippen LogP contribution is -2.20. The number of nitrogens with zero attached hydrogens (tertiary/aromatic N) is 3. The molecule has 21 heavy (non-hydrogen) atoms. The van der Waals surface area contributed by atoms with Crippen molar-refractivity contribution in [3.05, 3.63) is 57.4 Å². The number of benzene rings is 1. The molecule has 0 radical (unpaired) electrons. The van der Waals surface area contributed by atoms with E-state index in [9.17, 15) is 10.1 Å². The molecule has 1 aromatic heterocycles. The molecular formula is C15H20N4O2. The van der Waals surface area contributed by atoms with Crippen molar-refractivity contribution in [1.82, 2.24) is 9.78 Å². The molecule has 0 fully saturated rings. The van der Waals surface area contributed by atoms with Crippen LogP contribution in [-0.2, 0) is 19.4 Å². The van der Waals surface area contributed by atoms with Crippen molar-refractivity contribution in [2.75, 3.05) is 0 Å². The van der Waals surface area contributed by atoms with Gasteiger partial charge in [-0.1, -0.05) is 44.2 Å². The highest BCUT2D eigenvalue weighted by Crippen LogP contribution is 2.26. The Labute approximate surface area is 123 Å². The molecule has 2 rings (SSSR count). The molecule has 0 bridgehead atoms. The summed E-state index contributed by atoms with van der Waals surface area (Å²) >= 11 is 0. The predicted octanol–water partition coefficient (Wildman–Crippen LogP) is 2.62. The van der Waals surface area contributed by atoms with Gasteiger partial charge in [-0.05, 0) is 18.4 Å². The number of rotatable bonds is 6. The van der Waals surface area contributed by atoms with E-state index in [2.05, 4.69) is 5.10 Å². The molecule has 1 aromatic carbocycles. The number of aryl methyl sites for hydroxylation is 1. The number of nitro groups is 1. The summed E-state index contributed by atoms with van der Waals surface area (Å²) < 4.78 is 1.69. The van der Waals surface area contributed by atoms with Crippen LogP contribution in [0.3, 0.4) is 0 Å². The van der Waals surface area contributed by atoms with Crippen molar-refractivity contribution in [2.45, 2.75) is 39.3 Å². The Kier molecular flexibility index (Phi) is 4.70. The smallest absolute Gasteiger partial charge is 0.313 e. The van der Waals surface area contributed by atoms with E-state index in [0.29, 0.717) is 30.8 Å². The van der Waals surface area contributed by atoms with Gasteiger partial charge in [0.15, 0.2) is 0 Å². The van der Waals surface area contributed by atoms with E-state index < -0.39 is 0 Å². The molecule has 1 atom stereocenters. The molecule has 6 heteroatoms. The quantitative estimate of drug-likeness (QED) is 0.653. The van der Waals surface area contributed by atoms with Crippen LogP contribution in [0, 0.1) is 10.1 Å². The van der Waals surface area contributed by atoms with Gasteiger partial charge in [-0.15, -0.1) is 0 Å². The molecule has 1 unspecified atom stereocenters. The summed E-state index contributed by atoms with van der Waals surface area (Å²) in [6.45, 7) is 4.21. The van der Waals surface area contributed by atoms with E-state index in [-0.39, 0.29) is 16.7 Å². The maximum Gasteiger partial charge on any atom is 0.313 e. The van der Waals surface area contributed by atoms with Crippen molar-refractivity contribution >= 4 is 5.69 Å². The average Bonchev–Trinajstić information content (AvgIpc) is 2.85. The summed E-state index contributed by atoms with van der Waals surface area (Å²) in [5.41, 5.74) is 8.50. The molecule has 2 aromatic rings. The average molecular weight is 288 g/mol. The second-order valence-electron chi connectivity index (χ2n) is 4.91. The third-order valence-corrected chi connectivity index (χ3v) is 3.55. The molecule has 1 heterocycles. The van der Waals surface area contributed by atoms with Gasteiger partial charge in [0.25, 0.3) is 0 Å². The minimum atomic E-state index is -0.338. The maximum absolute atomic E-state index is 11.3. The summed E-state index contributed by atoms with van der Waals surface area (Å²) in [6, 6.07) is 9.46. The molecule has 0 aliphatic carbocycles. The first-order chi connectivity index (χ1) is 10.1. The zero-order valence-corrected chi connectivity index (χ0v) is 12.3. The molecule has 0 saturated carbocycles. The van der Waals surface area contributed by atoms with Crippen LogP contribution < -0.4 is 5.73 Å². The lowest BCUT2D eigenvalue weighted by molar-refractivity contribution is -0.386. The largest absolute Gasteiger partial charge is 0.322 e. The first-order valence-electron chi connectivity index (χ1n) is 7.11. The van der Waals surface area contributed by atoms with Crippen molar-refractivity contribution in [3.8, 4) is 0 Å². The topological polar surface area (TPSA) is 87.0 Å². The van der Waals surface area contributed by atoms with E-state index >= 15 is 0 Å². The molecule has 0 saturated heterocycles. The summed E-state index contributed by atoms with van der Waals surface area (Å²) in [4.78, 5) is 10.9. The van der Waals surface area contributed by atoms with Gasteiger partial charge in [-0.2, -0.15) is 5.10 Å². The van der Waals surface area contributed by atoms with E-state index in [1.165, 1.54) is 0 Å². The van der Waals surface area contributed by atoms with E-state index in [1.54, 1.807) is 4.68 Å². The molecule has 112 valence electrons. The van der Waals surface area contributed by atoms with Crippen LogP contribution >= 0.6 is 0 Å². The molecule has 6 nitrogen and oxygen atoms in total. The van der Waals surface area contributed by atoms with Gasteiger partial charge in [0.05, 0.1) is 11.5 Å². The van der Waals surface area contributed by atoms with Crippen LogP contribution in [0.25, 0.3) is 0 Å². The highest BCUT2D eigenvalue weighted by Gasteiger charge is 2.26. The van der Waals surface area contributed by atoms with Gasteiger partial charge in [-0.25, -0.2) is 0 Å². The highest BCUT2D eigenvalue weighted by molar-refractivity contribution is 5.41. The van der Waals surface area contributed by atoms with Crippen LogP contribution in [0.1, 0.15) is 36.8 Å². The fourth-order valence-corrected chi connectivity index (χ4v) is 2.48. The monoisotopic (exact) mass is 288 g/mol. The Morgan fingerprint density at radius 2 is 1.95 bits per heavy atom. The van der Waals surface area contributed by atoms with E-state index in [0.717, 1.165) is 5.56 Å². The van der Waals surface area contributed by atoms with Gasteiger partial charge in [0.1, 0.15) is 11.4 Å². The number of hydrogen-bond donors (Lipinski definition) is 1. The zero-order valence-electron chi connectivity index (χ0n) is 12.3. The summed E-state index contributed by atoms with van der Waals surface area (Å²) in [6.07, 6.45) is 1.10. The van der Waals surface area contributed by atoms with Gasteiger partial charge >= 0.3 is 5.69 Å². The van der Waals surface area contributed by atoms with Crippen molar-refractivity contribution in [3.63, 3.8) is 0 Å². The fourth-order valence-electron chi connectivity index (χ4n) is 2.48. The Hall–Kier alpha value is -2.21. The van der Waals surface area contributed by atoms with Crippen molar-refractivity contribution in [1.29, 1.82) is 0 Å². The van der Waals surface area contributed by atoms with Gasteiger partial charge < -0.3 is 5.73 Å². The number of hydrogen-bond acceptors (Lipinski definition) is 4. The van der Waals surface area contributed by atoms with Crippen LogP contribution in [-0.4, -0.2) is 14.7 Å². The summed E-state index contributed by atoms with van der Waals surface area (Å²) in [5.74, 6) is 0. The normalized spacial score (nSPS) is 12.3. The SMILES string of the molecule is CCc1nn(CC(N)c2ccccc2)c(CC)c1[N+](=O)[O-]. The molecular weight excluding hydrogens is 268 g/mol. The molecule has 2 N–H and O–H groups in total. The summed E-state index contributed by atoms with van der Waals surface area (Å²) in [7, 11) is 0. The van der Waals surface area contributed by atoms with E-state index in [1.807, 2.05) is 44.2 Å². The Bertz CT molecular complexity index is 622. The Morgan fingerprint density at radius 3 is 2.48 bits per heavy atom. The second kappa shape index (κ2) is 6.49. The minimum Gasteiger partial charge on any atom is -0.322 e. The Balaban J connectivity index is 2.34. The highest BCUT2D eigenvalue weighted by atomic mass is 16.6. The van der Waals surface area contributed by atoms with E-state index in [4.69, 9.17) is 5.73 Å². The third kappa shape index (κ3) is 3.11. The van der Waals surface area contributed by atoms with Crippen LogP contribution in [0.5, 0.6) is 0 Å². The third-order valence-electron chi connectivity index (χ3n) is 3.55. The van der Waals surface area contributed by atoms with Crippen molar-refractivity contribution in [2.24, 2.45) is 5.73 Å².